The van der Waals surface area contributed by atoms with Crippen LogP contribution in [-0.2, 0) is 11.3 Å². The third-order valence-corrected chi connectivity index (χ3v) is 5.27. The maximum Gasteiger partial charge on any atom is 0.264 e. The highest BCUT2D eigenvalue weighted by Gasteiger charge is 2.35. The van der Waals surface area contributed by atoms with Crippen LogP contribution in [-0.4, -0.2) is 46.2 Å². The minimum Gasteiger partial charge on any atom is -0.343 e. The molecule has 0 fully saturated rings. The summed E-state index contributed by atoms with van der Waals surface area (Å²) in [6, 6.07) is 7.51. The lowest BCUT2D eigenvalue weighted by atomic mass is 9.93. The molecule has 2 amide bonds. The van der Waals surface area contributed by atoms with Gasteiger partial charge in [-0.2, -0.15) is 0 Å². The molecule has 3 heterocycles. The molecule has 0 aliphatic carbocycles. The Balaban J connectivity index is 1.93. The molecule has 0 radical (unpaired) electrons. The Morgan fingerprint density at radius 2 is 2.08 bits per heavy atom. The van der Waals surface area contributed by atoms with Gasteiger partial charge >= 0.3 is 0 Å². The summed E-state index contributed by atoms with van der Waals surface area (Å²) < 4.78 is 0. The van der Waals surface area contributed by atoms with Crippen LogP contribution >= 0.6 is 11.3 Å². The van der Waals surface area contributed by atoms with Crippen LogP contribution < -0.4 is 0 Å². The monoisotopic (exact) mass is 343 g/mol. The highest BCUT2D eigenvalue weighted by atomic mass is 32.1. The molecule has 2 aromatic heterocycles. The topological polar surface area (TPSA) is 53.5 Å². The summed E-state index contributed by atoms with van der Waals surface area (Å²) in [4.78, 5) is 34.4. The Morgan fingerprint density at radius 1 is 1.29 bits per heavy atom. The van der Waals surface area contributed by atoms with Crippen molar-refractivity contribution in [1.82, 2.24) is 14.8 Å². The predicted molar refractivity (Wildman–Crippen MR) is 94.0 cm³/mol. The lowest BCUT2D eigenvalue weighted by Crippen LogP contribution is -2.45. The number of fused-ring (bicyclic) bond motifs is 1. The van der Waals surface area contributed by atoms with Crippen LogP contribution in [0.5, 0.6) is 0 Å². The number of pyridine rings is 1. The largest absolute Gasteiger partial charge is 0.343 e. The Labute approximate surface area is 145 Å². The van der Waals surface area contributed by atoms with Gasteiger partial charge in [0.1, 0.15) is 0 Å². The fraction of sp³-hybridized carbons (Fsp3) is 0.389. The molecule has 0 aromatic carbocycles. The van der Waals surface area contributed by atoms with Gasteiger partial charge in [-0.3, -0.25) is 14.6 Å². The molecular formula is C18H21N3O2S. The molecule has 6 heteroatoms. The summed E-state index contributed by atoms with van der Waals surface area (Å²) in [7, 11) is 0. The molecule has 0 saturated carbocycles. The fourth-order valence-electron chi connectivity index (χ4n) is 3.14. The van der Waals surface area contributed by atoms with Crippen molar-refractivity contribution >= 4 is 23.2 Å². The van der Waals surface area contributed by atoms with Crippen molar-refractivity contribution in [2.45, 2.75) is 26.3 Å². The Bertz CT molecular complexity index is 726. The number of carbonyl (C=O) groups is 2. The van der Waals surface area contributed by atoms with Crippen molar-refractivity contribution < 1.29 is 9.59 Å². The predicted octanol–water partition coefficient (Wildman–Crippen LogP) is 2.75. The van der Waals surface area contributed by atoms with Crippen molar-refractivity contribution in [3.05, 3.63) is 52.0 Å². The van der Waals surface area contributed by atoms with Gasteiger partial charge in [-0.1, -0.05) is 12.1 Å². The van der Waals surface area contributed by atoms with Crippen molar-refractivity contribution in [2.24, 2.45) is 0 Å². The van der Waals surface area contributed by atoms with E-state index in [2.05, 4.69) is 4.98 Å². The van der Waals surface area contributed by atoms with Crippen molar-refractivity contribution in [3.8, 4) is 0 Å². The average molecular weight is 343 g/mol. The van der Waals surface area contributed by atoms with Gasteiger partial charge in [-0.05, 0) is 36.9 Å². The van der Waals surface area contributed by atoms with Crippen molar-refractivity contribution in [2.75, 3.05) is 19.6 Å². The van der Waals surface area contributed by atoms with Crippen molar-refractivity contribution in [1.29, 1.82) is 0 Å². The summed E-state index contributed by atoms with van der Waals surface area (Å²) >= 11 is 1.43. The summed E-state index contributed by atoms with van der Waals surface area (Å²) in [5.74, 6) is -0.362. The molecule has 0 bridgehead atoms. The summed E-state index contributed by atoms with van der Waals surface area (Å²) in [5, 5.41) is 1.89. The van der Waals surface area contributed by atoms with Gasteiger partial charge in [-0.25, -0.2) is 0 Å². The number of thiophene rings is 1. The lowest BCUT2D eigenvalue weighted by molar-refractivity contribution is -0.133. The first-order chi connectivity index (χ1) is 11.7. The number of amides is 2. The molecule has 1 unspecified atom stereocenters. The first kappa shape index (κ1) is 16.6. The molecule has 0 saturated heterocycles. The smallest absolute Gasteiger partial charge is 0.264 e. The van der Waals surface area contributed by atoms with E-state index in [0.717, 1.165) is 11.3 Å². The standard InChI is InChI=1S/C18H21N3O2S/c1-3-20(4-2)17(22)14-12-21(18(23)15-8-6-10-24-15)11-13-7-5-9-19-16(13)14/h5-10,14H,3-4,11-12H2,1-2H3. The second-order valence-electron chi connectivity index (χ2n) is 5.77. The van der Waals surface area contributed by atoms with E-state index in [1.807, 2.05) is 48.4 Å². The van der Waals surface area contributed by atoms with Gasteiger partial charge in [0.15, 0.2) is 0 Å². The molecular weight excluding hydrogens is 322 g/mol. The van der Waals surface area contributed by atoms with E-state index in [1.165, 1.54) is 11.3 Å². The number of nitrogens with zero attached hydrogens (tertiary/aromatic N) is 3. The first-order valence-corrected chi connectivity index (χ1v) is 9.09. The number of hydrogen-bond donors (Lipinski definition) is 0. The van der Waals surface area contributed by atoms with Gasteiger partial charge in [0.2, 0.25) is 5.91 Å². The number of likely N-dealkylation sites (N-methyl/N-ethyl adjacent to an activating group) is 1. The van der Waals surface area contributed by atoms with Crippen molar-refractivity contribution in [3.63, 3.8) is 0 Å². The zero-order chi connectivity index (χ0) is 17.1. The van der Waals surface area contributed by atoms with E-state index in [-0.39, 0.29) is 11.8 Å². The molecule has 2 aromatic rings. The van der Waals surface area contributed by atoms with Crippen LogP contribution in [0.3, 0.4) is 0 Å². The molecule has 1 aliphatic rings. The van der Waals surface area contributed by atoms with Crippen LogP contribution in [0, 0.1) is 0 Å². The minimum absolute atomic E-state index is 0.0168. The second kappa shape index (κ2) is 7.13. The zero-order valence-electron chi connectivity index (χ0n) is 13.9. The fourth-order valence-corrected chi connectivity index (χ4v) is 3.83. The SMILES string of the molecule is CCN(CC)C(=O)C1CN(C(=O)c2cccs2)Cc2cccnc21. The molecule has 1 aliphatic heterocycles. The maximum absolute atomic E-state index is 12.9. The van der Waals surface area contributed by atoms with Crippen LogP contribution in [0.15, 0.2) is 35.8 Å². The van der Waals surface area contributed by atoms with Gasteiger partial charge in [-0.15, -0.1) is 11.3 Å². The third-order valence-electron chi connectivity index (χ3n) is 4.41. The summed E-state index contributed by atoms with van der Waals surface area (Å²) in [6.45, 7) is 6.15. The third kappa shape index (κ3) is 3.06. The molecule has 24 heavy (non-hydrogen) atoms. The van der Waals surface area contributed by atoms with Crippen LogP contribution in [0.1, 0.15) is 40.7 Å². The normalized spacial score (nSPS) is 16.6. The van der Waals surface area contributed by atoms with Gasteiger partial charge in [0.25, 0.3) is 5.91 Å². The number of rotatable bonds is 4. The zero-order valence-corrected chi connectivity index (χ0v) is 14.8. The van der Waals surface area contributed by atoms with E-state index < -0.39 is 5.92 Å². The average Bonchev–Trinajstić information content (AvgIpc) is 3.15. The van der Waals surface area contributed by atoms with Crippen LogP contribution in [0.2, 0.25) is 0 Å². The van der Waals surface area contributed by atoms with E-state index in [0.29, 0.717) is 31.1 Å². The Morgan fingerprint density at radius 3 is 2.75 bits per heavy atom. The minimum atomic E-state index is -0.390. The molecule has 0 spiro atoms. The second-order valence-corrected chi connectivity index (χ2v) is 6.72. The first-order valence-electron chi connectivity index (χ1n) is 8.21. The number of aromatic nitrogens is 1. The van der Waals surface area contributed by atoms with E-state index in [4.69, 9.17) is 0 Å². The van der Waals surface area contributed by atoms with Gasteiger partial charge in [0, 0.05) is 32.4 Å². The van der Waals surface area contributed by atoms with Crippen LogP contribution in [0.25, 0.3) is 0 Å². The number of hydrogen-bond acceptors (Lipinski definition) is 4. The Hall–Kier alpha value is -2.21. The van der Waals surface area contributed by atoms with E-state index >= 15 is 0 Å². The van der Waals surface area contributed by atoms with Gasteiger partial charge < -0.3 is 9.80 Å². The van der Waals surface area contributed by atoms with E-state index in [9.17, 15) is 9.59 Å². The Kier molecular flexibility index (Phi) is 4.94. The summed E-state index contributed by atoms with van der Waals surface area (Å²) in [6.07, 6.45) is 1.72. The lowest BCUT2D eigenvalue weighted by Gasteiger charge is -2.35. The number of carbonyl (C=O) groups excluding carboxylic acids is 2. The molecule has 0 N–H and O–H groups in total. The van der Waals surface area contributed by atoms with Crippen LogP contribution in [0.4, 0.5) is 0 Å². The summed E-state index contributed by atoms with van der Waals surface area (Å²) in [5.41, 5.74) is 1.77. The molecule has 126 valence electrons. The molecule has 1 atom stereocenters. The molecule has 5 nitrogen and oxygen atoms in total. The van der Waals surface area contributed by atoms with E-state index in [1.54, 1.807) is 11.1 Å². The highest BCUT2D eigenvalue weighted by molar-refractivity contribution is 7.12. The quantitative estimate of drug-likeness (QED) is 0.858. The highest BCUT2D eigenvalue weighted by Crippen LogP contribution is 2.29. The van der Waals surface area contributed by atoms with Gasteiger partial charge in [0.05, 0.1) is 16.5 Å². The molecule has 3 rings (SSSR count). The maximum atomic E-state index is 12.9.